The molecule has 1 fully saturated rings. The summed E-state index contributed by atoms with van der Waals surface area (Å²) in [6.45, 7) is 2.28. The summed E-state index contributed by atoms with van der Waals surface area (Å²) < 4.78 is 10.6. The van der Waals surface area contributed by atoms with Gasteiger partial charge in [-0.15, -0.1) is 0 Å². The van der Waals surface area contributed by atoms with Gasteiger partial charge in [-0.3, -0.25) is 4.79 Å². The fourth-order valence-corrected chi connectivity index (χ4v) is 2.43. The van der Waals surface area contributed by atoms with Gasteiger partial charge in [0.15, 0.2) is 5.78 Å². The first-order valence-electron chi connectivity index (χ1n) is 7.19. The van der Waals surface area contributed by atoms with Crippen LogP contribution >= 0.6 is 0 Å². The van der Waals surface area contributed by atoms with Crippen molar-refractivity contribution >= 4 is 5.78 Å². The number of rotatable bonds is 4. The third kappa shape index (κ3) is 3.24. The Morgan fingerprint density at radius 3 is 2.58 bits per heavy atom. The molecule has 2 rings (SSSR count). The molecule has 0 aromatic carbocycles. The summed E-state index contributed by atoms with van der Waals surface area (Å²) in [7, 11) is 0. The second kappa shape index (κ2) is 7.21. The number of carbonyl (C=O) groups is 1. The van der Waals surface area contributed by atoms with Gasteiger partial charge in [0.05, 0.1) is 6.61 Å². The fourth-order valence-electron chi connectivity index (χ4n) is 2.43. The van der Waals surface area contributed by atoms with E-state index in [-0.39, 0.29) is 22.8 Å². The van der Waals surface area contributed by atoms with Gasteiger partial charge in [0.25, 0.3) is 0 Å². The number of nitriles is 1. The zero-order valence-corrected chi connectivity index (χ0v) is 13.1. The standard InChI is InChI=1S/C15H18N2O7/c1-6-8(3-16)14(17-4-9(6)7(2)19)24-15-13(22)12(21)11(20)10(5-18)23-15/h4,10-13,15,18,20-22H,5H2,1-2H3/t10-,11+,12+,13-,15+/m1/s1. The van der Waals surface area contributed by atoms with E-state index in [1.54, 1.807) is 6.92 Å². The molecule has 0 radical (unpaired) electrons. The lowest BCUT2D eigenvalue weighted by Crippen LogP contribution is -2.60. The van der Waals surface area contributed by atoms with Crippen LogP contribution in [-0.2, 0) is 4.74 Å². The van der Waals surface area contributed by atoms with Crippen molar-refractivity contribution in [2.24, 2.45) is 0 Å². The molecule has 1 saturated heterocycles. The SMILES string of the molecule is CC(=O)c1cnc(O[C@@H]2O[C@H](CO)[C@H](O)[C@H](O)[C@H]2O)c(C#N)c1C. The van der Waals surface area contributed by atoms with Gasteiger partial charge >= 0.3 is 0 Å². The van der Waals surface area contributed by atoms with Crippen LogP contribution in [0.25, 0.3) is 0 Å². The van der Waals surface area contributed by atoms with Crippen molar-refractivity contribution in [3.8, 4) is 11.9 Å². The van der Waals surface area contributed by atoms with Crippen LogP contribution in [0.5, 0.6) is 5.88 Å². The molecular weight excluding hydrogens is 320 g/mol. The molecule has 0 unspecified atom stereocenters. The minimum Gasteiger partial charge on any atom is -0.444 e. The average molecular weight is 338 g/mol. The zero-order chi connectivity index (χ0) is 18.0. The molecule has 9 nitrogen and oxygen atoms in total. The third-order valence-corrected chi connectivity index (χ3v) is 3.87. The van der Waals surface area contributed by atoms with Crippen molar-refractivity contribution < 1.29 is 34.7 Å². The molecular formula is C15H18N2O7. The van der Waals surface area contributed by atoms with E-state index in [1.165, 1.54) is 13.1 Å². The molecule has 9 heteroatoms. The van der Waals surface area contributed by atoms with E-state index < -0.39 is 37.3 Å². The van der Waals surface area contributed by atoms with Gasteiger partial charge in [-0.1, -0.05) is 0 Å². The Bertz CT molecular complexity index is 671. The lowest BCUT2D eigenvalue weighted by Gasteiger charge is -2.39. The number of aromatic nitrogens is 1. The van der Waals surface area contributed by atoms with Crippen molar-refractivity contribution in [2.75, 3.05) is 6.61 Å². The van der Waals surface area contributed by atoms with Gasteiger partial charge in [-0.05, 0) is 19.4 Å². The minimum atomic E-state index is -1.62. The number of aliphatic hydroxyl groups is 4. The molecule has 1 aromatic heterocycles. The summed E-state index contributed by atoms with van der Waals surface area (Å²) in [5.41, 5.74) is 0.604. The molecule has 5 atom stereocenters. The first-order valence-corrected chi connectivity index (χ1v) is 7.19. The highest BCUT2D eigenvalue weighted by Gasteiger charge is 2.45. The molecule has 0 spiro atoms. The number of ether oxygens (including phenoxy) is 2. The second-order valence-electron chi connectivity index (χ2n) is 5.46. The van der Waals surface area contributed by atoms with Gasteiger partial charge in [0.1, 0.15) is 36.0 Å². The first kappa shape index (κ1) is 18.3. The van der Waals surface area contributed by atoms with Crippen molar-refractivity contribution in [1.29, 1.82) is 5.26 Å². The molecule has 1 aromatic rings. The minimum absolute atomic E-state index is 0.0142. The molecule has 1 aliphatic rings. The number of hydrogen-bond acceptors (Lipinski definition) is 9. The molecule has 4 N–H and O–H groups in total. The van der Waals surface area contributed by atoms with Crippen LogP contribution in [0.1, 0.15) is 28.4 Å². The van der Waals surface area contributed by atoms with Gasteiger partial charge in [-0.2, -0.15) is 5.26 Å². The van der Waals surface area contributed by atoms with E-state index in [2.05, 4.69) is 4.98 Å². The Balaban J connectivity index is 2.32. The first-order chi connectivity index (χ1) is 11.3. The topological polar surface area (TPSA) is 153 Å². The lowest BCUT2D eigenvalue weighted by molar-refractivity contribution is -0.278. The molecule has 24 heavy (non-hydrogen) atoms. The summed E-state index contributed by atoms with van der Waals surface area (Å²) >= 11 is 0. The monoisotopic (exact) mass is 338 g/mol. The molecule has 2 heterocycles. The van der Waals surface area contributed by atoms with Gasteiger partial charge < -0.3 is 29.9 Å². The van der Waals surface area contributed by atoms with Gasteiger partial charge in [0, 0.05) is 11.8 Å². The number of hydrogen-bond donors (Lipinski definition) is 4. The van der Waals surface area contributed by atoms with Crippen molar-refractivity contribution in [3.05, 3.63) is 22.9 Å². The smallest absolute Gasteiger partial charge is 0.234 e. The fraction of sp³-hybridized carbons (Fsp3) is 0.533. The summed E-state index contributed by atoms with van der Waals surface area (Å²) in [6.07, 6.45) is -6.11. The number of ketones is 1. The maximum atomic E-state index is 11.5. The number of aliphatic hydroxyl groups excluding tert-OH is 4. The average Bonchev–Trinajstić information content (AvgIpc) is 2.55. The van der Waals surface area contributed by atoms with Crippen LogP contribution in [-0.4, -0.2) is 68.5 Å². The normalized spacial score (nSPS) is 29.8. The van der Waals surface area contributed by atoms with Gasteiger partial charge in [-0.25, -0.2) is 4.98 Å². The molecule has 0 bridgehead atoms. The highest BCUT2D eigenvalue weighted by molar-refractivity contribution is 5.95. The van der Waals surface area contributed by atoms with Crippen molar-refractivity contribution in [1.82, 2.24) is 4.98 Å². The third-order valence-electron chi connectivity index (χ3n) is 3.87. The van der Waals surface area contributed by atoms with E-state index >= 15 is 0 Å². The Morgan fingerprint density at radius 1 is 1.38 bits per heavy atom. The van der Waals surface area contributed by atoms with Gasteiger partial charge in [0.2, 0.25) is 12.2 Å². The molecule has 0 saturated carbocycles. The largest absolute Gasteiger partial charge is 0.444 e. The second-order valence-corrected chi connectivity index (χ2v) is 5.46. The Labute approximate surface area is 137 Å². The maximum Gasteiger partial charge on any atom is 0.234 e. The van der Waals surface area contributed by atoms with Crippen LogP contribution in [0.4, 0.5) is 0 Å². The summed E-state index contributed by atoms with van der Waals surface area (Å²) in [6, 6.07) is 1.87. The van der Waals surface area contributed by atoms with Crippen molar-refractivity contribution in [3.63, 3.8) is 0 Å². The Hall–Kier alpha value is -2.09. The quantitative estimate of drug-likeness (QED) is 0.488. The van der Waals surface area contributed by atoms with E-state index in [4.69, 9.17) is 14.6 Å². The molecule has 0 amide bonds. The maximum absolute atomic E-state index is 11.5. The predicted molar refractivity (Wildman–Crippen MR) is 78.1 cm³/mol. The highest BCUT2D eigenvalue weighted by Crippen LogP contribution is 2.27. The van der Waals surface area contributed by atoms with E-state index in [9.17, 15) is 25.4 Å². The summed E-state index contributed by atoms with van der Waals surface area (Å²) in [4.78, 5) is 15.4. The Kier molecular flexibility index (Phi) is 5.48. The number of pyridine rings is 1. The number of Topliss-reactive ketones (excluding diaryl/α,β-unsaturated/α-hetero) is 1. The molecule has 0 aliphatic carbocycles. The van der Waals surface area contributed by atoms with Crippen LogP contribution in [0.3, 0.4) is 0 Å². The number of carbonyl (C=O) groups excluding carboxylic acids is 1. The summed E-state index contributed by atoms with van der Waals surface area (Å²) in [5, 5.41) is 47.9. The molecule has 130 valence electrons. The van der Waals surface area contributed by atoms with Crippen LogP contribution in [0.15, 0.2) is 6.20 Å². The van der Waals surface area contributed by atoms with E-state index in [0.29, 0.717) is 5.56 Å². The van der Waals surface area contributed by atoms with E-state index in [1.807, 2.05) is 6.07 Å². The van der Waals surface area contributed by atoms with Crippen molar-refractivity contribution in [2.45, 2.75) is 44.6 Å². The lowest BCUT2D eigenvalue weighted by atomic mass is 9.99. The Morgan fingerprint density at radius 2 is 2.04 bits per heavy atom. The van der Waals surface area contributed by atoms with Crippen LogP contribution < -0.4 is 4.74 Å². The molecule has 1 aliphatic heterocycles. The van der Waals surface area contributed by atoms with E-state index in [0.717, 1.165) is 0 Å². The zero-order valence-electron chi connectivity index (χ0n) is 13.1. The van der Waals surface area contributed by atoms with Crippen LogP contribution in [0, 0.1) is 18.3 Å². The van der Waals surface area contributed by atoms with Crippen LogP contribution in [0.2, 0.25) is 0 Å². The summed E-state index contributed by atoms with van der Waals surface area (Å²) in [5.74, 6) is -0.458. The predicted octanol–water partition coefficient (Wildman–Crippen LogP) is -1.36. The highest BCUT2D eigenvalue weighted by atomic mass is 16.7. The number of nitrogens with zero attached hydrogens (tertiary/aromatic N) is 2.